The van der Waals surface area contributed by atoms with Gasteiger partial charge in [0.1, 0.15) is 0 Å². The van der Waals surface area contributed by atoms with E-state index in [2.05, 4.69) is 9.71 Å². The summed E-state index contributed by atoms with van der Waals surface area (Å²) in [7, 11) is -2.14. The molecule has 4 N–H and O–H groups in total. The van der Waals surface area contributed by atoms with Crippen molar-refractivity contribution in [2.45, 2.75) is 5.03 Å². The van der Waals surface area contributed by atoms with Crippen molar-refractivity contribution in [3.05, 3.63) is 6.33 Å². The Bertz CT molecular complexity index is 437. The molecule has 0 saturated heterocycles. The molecule has 0 aliphatic heterocycles. The Balaban J connectivity index is 2.58. The van der Waals surface area contributed by atoms with Crippen molar-refractivity contribution >= 4 is 15.8 Å². The summed E-state index contributed by atoms with van der Waals surface area (Å²) in [4.78, 5) is 3.70. The van der Waals surface area contributed by atoms with Crippen LogP contribution in [0.4, 0.5) is 5.82 Å². The first-order valence-electron chi connectivity index (χ1n) is 4.94. The second kappa shape index (κ2) is 5.96. The van der Waals surface area contributed by atoms with Gasteiger partial charge in [0.25, 0.3) is 10.0 Å². The first-order valence-corrected chi connectivity index (χ1v) is 6.42. The summed E-state index contributed by atoms with van der Waals surface area (Å²) < 4.78 is 32.2. The number of ether oxygens (including phenoxy) is 1. The minimum atomic E-state index is -3.68. The van der Waals surface area contributed by atoms with Crippen LogP contribution in [0, 0.1) is 0 Å². The molecule has 0 atom stereocenters. The molecular formula is C8H16N4O4S. The predicted octanol–water partition coefficient (Wildman–Crippen LogP) is -1.71. The van der Waals surface area contributed by atoms with E-state index in [1.165, 1.54) is 10.9 Å². The number of nitrogens with two attached hydrogens (primary N) is 1. The fourth-order valence-electron chi connectivity index (χ4n) is 1.25. The summed E-state index contributed by atoms with van der Waals surface area (Å²) in [5, 5.41) is 8.39. The Kier molecular flexibility index (Phi) is 4.87. The lowest BCUT2D eigenvalue weighted by atomic mass is 10.7. The largest absolute Gasteiger partial charge is 0.394 e. The van der Waals surface area contributed by atoms with Crippen LogP contribution >= 0.6 is 0 Å². The van der Waals surface area contributed by atoms with Gasteiger partial charge >= 0.3 is 0 Å². The van der Waals surface area contributed by atoms with Gasteiger partial charge in [-0.05, 0) is 0 Å². The van der Waals surface area contributed by atoms with Crippen LogP contribution in [-0.4, -0.2) is 49.4 Å². The first kappa shape index (κ1) is 13.9. The van der Waals surface area contributed by atoms with Gasteiger partial charge in [-0.2, -0.15) is 0 Å². The molecule has 0 unspecified atom stereocenters. The Morgan fingerprint density at radius 1 is 1.59 bits per heavy atom. The van der Waals surface area contributed by atoms with E-state index in [-0.39, 0.29) is 37.2 Å². The molecule has 0 radical (unpaired) electrons. The fourth-order valence-corrected chi connectivity index (χ4v) is 2.49. The summed E-state index contributed by atoms with van der Waals surface area (Å²) in [6.45, 7) is 0.363. The van der Waals surface area contributed by atoms with Gasteiger partial charge in [-0.3, -0.25) is 0 Å². The van der Waals surface area contributed by atoms with Crippen molar-refractivity contribution in [3.63, 3.8) is 0 Å². The van der Waals surface area contributed by atoms with Crippen molar-refractivity contribution in [2.75, 3.05) is 32.1 Å². The Morgan fingerprint density at radius 2 is 2.29 bits per heavy atom. The number of nitrogen functional groups attached to an aromatic ring is 1. The zero-order valence-corrected chi connectivity index (χ0v) is 10.3. The fraction of sp³-hybridized carbons (Fsp3) is 0.625. The van der Waals surface area contributed by atoms with E-state index in [0.29, 0.717) is 0 Å². The number of anilines is 1. The van der Waals surface area contributed by atoms with Gasteiger partial charge in [0.15, 0.2) is 10.8 Å². The van der Waals surface area contributed by atoms with Crippen LogP contribution in [0.25, 0.3) is 0 Å². The van der Waals surface area contributed by atoms with Gasteiger partial charge in [-0.25, -0.2) is 18.1 Å². The van der Waals surface area contributed by atoms with Gasteiger partial charge in [0.2, 0.25) is 0 Å². The third-order valence-electron chi connectivity index (χ3n) is 1.94. The van der Waals surface area contributed by atoms with E-state index >= 15 is 0 Å². The molecule has 0 amide bonds. The van der Waals surface area contributed by atoms with Crippen molar-refractivity contribution in [3.8, 4) is 0 Å². The van der Waals surface area contributed by atoms with Crippen LogP contribution in [0.2, 0.25) is 0 Å². The highest BCUT2D eigenvalue weighted by Crippen LogP contribution is 2.14. The number of imidazole rings is 1. The van der Waals surface area contributed by atoms with Crippen LogP contribution in [0.3, 0.4) is 0 Å². The summed E-state index contributed by atoms with van der Waals surface area (Å²) >= 11 is 0. The number of aryl methyl sites for hydroxylation is 1. The highest BCUT2D eigenvalue weighted by Gasteiger charge is 2.21. The lowest BCUT2D eigenvalue weighted by molar-refractivity contribution is 0.0961. The number of aromatic nitrogens is 2. The van der Waals surface area contributed by atoms with Gasteiger partial charge in [-0.1, -0.05) is 0 Å². The lowest BCUT2D eigenvalue weighted by Crippen LogP contribution is -2.29. The van der Waals surface area contributed by atoms with Gasteiger partial charge in [0, 0.05) is 13.6 Å². The number of nitrogens with one attached hydrogen (secondary N) is 1. The van der Waals surface area contributed by atoms with Gasteiger partial charge in [-0.15, -0.1) is 0 Å². The van der Waals surface area contributed by atoms with E-state index in [4.69, 9.17) is 15.6 Å². The minimum absolute atomic E-state index is 0.0451. The SMILES string of the molecule is Cn1cnc(N)c1S(=O)(=O)NCCOCCO. The van der Waals surface area contributed by atoms with E-state index in [9.17, 15) is 8.42 Å². The first-order chi connectivity index (χ1) is 7.99. The molecule has 0 aliphatic carbocycles. The Morgan fingerprint density at radius 3 is 2.82 bits per heavy atom. The highest BCUT2D eigenvalue weighted by atomic mass is 32.2. The number of aliphatic hydroxyl groups is 1. The zero-order valence-electron chi connectivity index (χ0n) is 9.46. The second-order valence-corrected chi connectivity index (χ2v) is 4.96. The molecule has 1 heterocycles. The maximum absolute atomic E-state index is 11.8. The van der Waals surface area contributed by atoms with Crippen LogP contribution in [0.1, 0.15) is 0 Å². The summed E-state index contributed by atoms with van der Waals surface area (Å²) in [6.07, 6.45) is 1.33. The molecule has 98 valence electrons. The minimum Gasteiger partial charge on any atom is -0.394 e. The van der Waals surface area contributed by atoms with Crippen molar-refractivity contribution in [2.24, 2.45) is 7.05 Å². The smallest absolute Gasteiger partial charge is 0.260 e. The molecule has 0 saturated carbocycles. The van der Waals surface area contributed by atoms with E-state index in [0.717, 1.165) is 0 Å². The van der Waals surface area contributed by atoms with Crippen LogP contribution in [0.15, 0.2) is 11.4 Å². The molecule has 1 aromatic heterocycles. The normalized spacial score (nSPS) is 11.9. The maximum atomic E-state index is 11.8. The average molecular weight is 264 g/mol. The predicted molar refractivity (Wildman–Crippen MR) is 60.7 cm³/mol. The lowest BCUT2D eigenvalue weighted by Gasteiger charge is -2.07. The van der Waals surface area contributed by atoms with E-state index < -0.39 is 10.0 Å². The number of aliphatic hydroxyl groups excluding tert-OH is 1. The second-order valence-electron chi connectivity index (χ2n) is 3.28. The standard InChI is InChI=1S/C8H16N4O4S/c1-12-6-10-7(9)8(12)17(14,15)11-2-4-16-5-3-13/h6,11,13H,2-5,9H2,1H3. The quantitative estimate of drug-likeness (QED) is 0.504. The molecule has 0 bridgehead atoms. The van der Waals surface area contributed by atoms with Gasteiger partial charge < -0.3 is 20.1 Å². The van der Waals surface area contributed by atoms with E-state index in [1.54, 1.807) is 7.05 Å². The maximum Gasteiger partial charge on any atom is 0.260 e. The molecule has 0 spiro atoms. The molecule has 0 fully saturated rings. The topological polar surface area (TPSA) is 119 Å². The molecule has 8 nitrogen and oxygen atoms in total. The molecular weight excluding hydrogens is 248 g/mol. The molecule has 1 rings (SSSR count). The zero-order chi connectivity index (χ0) is 12.9. The number of nitrogens with zero attached hydrogens (tertiary/aromatic N) is 2. The van der Waals surface area contributed by atoms with Crippen molar-refractivity contribution in [1.29, 1.82) is 0 Å². The van der Waals surface area contributed by atoms with Crippen LogP contribution < -0.4 is 10.5 Å². The highest BCUT2D eigenvalue weighted by molar-refractivity contribution is 7.89. The number of hydrogen-bond acceptors (Lipinski definition) is 6. The monoisotopic (exact) mass is 264 g/mol. The van der Waals surface area contributed by atoms with E-state index in [1.807, 2.05) is 0 Å². The molecule has 9 heteroatoms. The van der Waals surface area contributed by atoms with Crippen molar-refractivity contribution < 1.29 is 18.3 Å². The molecule has 0 aliphatic rings. The van der Waals surface area contributed by atoms with Crippen LogP contribution in [-0.2, 0) is 21.8 Å². The van der Waals surface area contributed by atoms with Gasteiger partial charge in [0.05, 0.1) is 26.1 Å². The summed E-state index contributed by atoms with van der Waals surface area (Å²) in [5.74, 6) is -0.0451. The third-order valence-corrected chi connectivity index (χ3v) is 3.53. The van der Waals surface area contributed by atoms with Crippen LogP contribution in [0.5, 0.6) is 0 Å². The number of sulfonamides is 1. The summed E-state index contributed by atoms with van der Waals surface area (Å²) in [5.41, 5.74) is 5.46. The number of hydrogen-bond donors (Lipinski definition) is 3. The molecule has 17 heavy (non-hydrogen) atoms. The average Bonchev–Trinajstić information content (AvgIpc) is 2.58. The van der Waals surface area contributed by atoms with Crippen molar-refractivity contribution in [1.82, 2.24) is 14.3 Å². The Labute approximate surface area is 99.5 Å². The Hall–Kier alpha value is -1.16. The third kappa shape index (κ3) is 3.66. The molecule has 0 aromatic carbocycles. The molecule has 1 aromatic rings. The summed E-state index contributed by atoms with van der Waals surface area (Å²) in [6, 6.07) is 0. The number of rotatable bonds is 7.